The number of esters is 1. The van der Waals surface area contributed by atoms with Gasteiger partial charge < -0.3 is 14.2 Å². The number of allylic oxidation sites excluding steroid dienone is 1. The molecule has 1 aliphatic rings. The van der Waals surface area contributed by atoms with E-state index in [4.69, 9.17) is 14.2 Å². The lowest BCUT2D eigenvalue weighted by atomic mass is 10.0. The van der Waals surface area contributed by atoms with Gasteiger partial charge in [-0.05, 0) is 54.5 Å². The van der Waals surface area contributed by atoms with Crippen LogP contribution in [0.1, 0.15) is 31.8 Å². The third-order valence-corrected chi connectivity index (χ3v) is 4.44. The summed E-state index contributed by atoms with van der Waals surface area (Å²) in [5, 5.41) is 0. The van der Waals surface area contributed by atoms with Crippen LogP contribution in [0.5, 0.6) is 17.2 Å². The Labute approximate surface area is 167 Å². The molecule has 0 atom stereocenters. The average molecular weight is 387 g/mol. The number of benzene rings is 2. The maximum Gasteiger partial charge on any atom is 0.343 e. The smallest absolute Gasteiger partial charge is 0.343 e. The molecular weight excluding hydrogens is 370 g/mol. The Bertz CT molecular complexity index is 1140. The SMILES string of the molecule is COc1cccc(C(=O)Oc2cc(C)c3c(c2)OC(=Cc2cccnc2)C3=O)c1. The molecule has 1 aliphatic heterocycles. The highest BCUT2D eigenvalue weighted by atomic mass is 16.5. The monoisotopic (exact) mass is 387 g/mol. The molecule has 0 fully saturated rings. The van der Waals surface area contributed by atoms with Gasteiger partial charge in [-0.15, -0.1) is 0 Å². The van der Waals surface area contributed by atoms with Crippen LogP contribution in [0.3, 0.4) is 0 Å². The zero-order valence-corrected chi connectivity index (χ0v) is 15.8. The molecule has 0 saturated carbocycles. The van der Waals surface area contributed by atoms with E-state index >= 15 is 0 Å². The van der Waals surface area contributed by atoms with E-state index < -0.39 is 5.97 Å². The number of fused-ring (bicyclic) bond motifs is 1. The number of pyridine rings is 1. The number of rotatable bonds is 4. The number of Topliss-reactive ketones (excluding diaryl/α,β-unsaturated/α-hetero) is 1. The number of hydrogen-bond donors (Lipinski definition) is 0. The van der Waals surface area contributed by atoms with Gasteiger partial charge in [0.25, 0.3) is 0 Å². The minimum atomic E-state index is -0.529. The van der Waals surface area contributed by atoms with Crippen LogP contribution in [0.25, 0.3) is 6.08 Å². The Morgan fingerprint density at radius 2 is 1.97 bits per heavy atom. The second kappa shape index (κ2) is 7.59. The molecule has 0 spiro atoms. The lowest BCUT2D eigenvalue weighted by Crippen LogP contribution is -2.09. The molecule has 144 valence electrons. The van der Waals surface area contributed by atoms with Crippen LogP contribution in [-0.2, 0) is 0 Å². The molecule has 2 heterocycles. The first-order chi connectivity index (χ1) is 14.0. The minimum Gasteiger partial charge on any atom is -0.497 e. The number of aromatic nitrogens is 1. The third-order valence-electron chi connectivity index (χ3n) is 4.44. The van der Waals surface area contributed by atoms with Crippen LogP contribution >= 0.6 is 0 Å². The Balaban J connectivity index is 1.60. The summed E-state index contributed by atoms with van der Waals surface area (Å²) >= 11 is 0. The van der Waals surface area contributed by atoms with Crippen molar-refractivity contribution in [2.75, 3.05) is 7.11 Å². The van der Waals surface area contributed by atoms with Gasteiger partial charge >= 0.3 is 5.97 Å². The second-order valence-electron chi connectivity index (χ2n) is 6.46. The molecule has 29 heavy (non-hydrogen) atoms. The van der Waals surface area contributed by atoms with Gasteiger partial charge in [-0.2, -0.15) is 0 Å². The van der Waals surface area contributed by atoms with Crippen molar-refractivity contribution in [3.63, 3.8) is 0 Å². The van der Waals surface area contributed by atoms with E-state index in [1.165, 1.54) is 7.11 Å². The van der Waals surface area contributed by atoms with E-state index in [2.05, 4.69) is 4.98 Å². The van der Waals surface area contributed by atoms with Crippen LogP contribution in [0.4, 0.5) is 0 Å². The summed E-state index contributed by atoms with van der Waals surface area (Å²) in [5.41, 5.74) is 2.24. The van der Waals surface area contributed by atoms with Crippen molar-refractivity contribution in [1.82, 2.24) is 4.98 Å². The summed E-state index contributed by atoms with van der Waals surface area (Å²) in [4.78, 5) is 29.2. The van der Waals surface area contributed by atoms with E-state index in [-0.39, 0.29) is 11.5 Å². The Morgan fingerprint density at radius 1 is 1.10 bits per heavy atom. The fourth-order valence-corrected chi connectivity index (χ4v) is 3.07. The van der Waals surface area contributed by atoms with Gasteiger partial charge in [0.1, 0.15) is 17.2 Å². The number of nitrogens with zero attached hydrogens (tertiary/aromatic N) is 1. The largest absolute Gasteiger partial charge is 0.497 e. The lowest BCUT2D eigenvalue weighted by Gasteiger charge is -2.08. The topological polar surface area (TPSA) is 74.7 Å². The van der Waals surface area contributed by atoms with Crippen molar-refractivity contribution in [1.29, 1.82) is 0 Å². The zero-order valence-electron chi connectivity index (χ0n) is 15.8. The Kier molecular flexibility index (Phi) is 4.83. The summed E-state index contributed by atoms with van der Waals surface area (Å²) in [7, 11) is 1.53. The van der Waals surface area contributed by atoms with Crippen molar-refractivity contribution in [2.45, 2.75) is 6.92 Å². The third kappa shape index (κ3) is 3.73. The molecule has 0 bridgehead atoms. The van der Waals surface area contributed by atoms with E-state index in [9.17, 15) is 9.59 Å². The first-order valence-electron chi connectivity index (χ1n) is 8.90. The number of methoxy groups -OCH3 is 1. The fourth-order valence-electron chi connectivity index (χ4n) is 3.07. The van der Waals surface area contributed by atoms with Gasteiger partial charge in [-0.25, -0.2) is 4.79 Å². The zero-order chi connectivity index (χ0) is 20.4. The maximum atomic E-state index is 12.7. The predicted octanol–water partition coefficient (Wildman–Crippen LogP) is 4.23. The van der Waals surface area contributed by atoms with Gasteiger partial charge in [-0.1, -0.05) is 12.1 Å². The van der Waals surface area contributed by atoms with Crippen LogP contribution in [-0.4, -0.2) is 23.8 Å². The molecule has 6 nitrogen and oxygen atoms in total. The molecule has 0 radical (unpaired) electrons. The second-order valence-corrected chi connectivity index (χ2v) is 6.46. The van der Waals surface area contributed by atoms with Gasteiger partial charge in [0, 0.05) is 18.5 Å². The molecule has 0 aliphatic carbocycles. The summed E-state index contributed by atoms with van der Waals surface area (Å²) in [6.07, 6.45) is 4.93. The molecule has 0 saturated heterocycles. The van der Waals surface area contributed by atoms with Crippen LogP contribution in [0.2, 0.25) is 0 Å². The number of carbonyl (C=O) groups excluding carboxylic acids is 2. The summed E-state index contributed by atoms with van der Waals surface area (Å²) in [5.74, 6) is 0.671. The summed E-state index contributed by atoms with van der Waals surface area (Å²) in [6.45, 7) is 1.77. The van der Waals surface area contributed by atoms with E-state index in [0.717, 1.165) is 5.56 Å². The molecule has 6 heteroatoms. The standard InChI is InChI=1S/C23H17NO5/c1-14-9-18(28-23(26)16-6-3-7-17(11-16)27-2)12-19-21(14)22(25)20(29-19)10-15-5-4-8-24-13-15/h3-13H,1-2H3. The van der Waals surface area contributed by atoms with Crippen molar-refractivity contribution in [3.05, 3.63) is 88.9 Å². The number of ether oxygens (including phenoxy) is 3. The quantitative estimate of drug-likeness (QED) is 0.379. The van der Waals surface area contributed by atoms with Crippen molar-refractivity contribution in [3.8, 4) is 17.2 Å². The van der Waals surface area contributed by atoms with Crippen molar-refractivity contribution >= 4 is 17.8 Å². The van der Waals surface area contributed by atoms with Gasteiger partial charge in [0.05, 0.1) is 18.2 Å². The number of carbonyl (C=O) groups is 2. The number of hydrogen-bond acceptors (Lipinski definition) is 6. The van der Waals surface area contributed by atoms with E-state index in [1.807, 2.05) is 6.07 Å². The molecular formula is C23H17NO5. The van der Waals surface area contributed by atoms with Gasteiger partial charge in [0.15, 0.2) is 5.76 Å². The molecule has 4 rings (SSSR count). The van der Waals surface area contributed by atoms with Crippen LogP contribution in [0, 0.1) is 6.92 Å². The number of ketones is 1. The highest BCUT2D eigenvalue weighted by molar-refractivity contribution is 6.15. The maximum absolute atomic E-state index is 12.7. The van der Waals surface area contributed by atoms with E-state index in [1.54, 1.807) is 67.9 Å². The molecule has 2 aromatic carbocycles. The van der Waals surface area contributed by atoms with Crippen LogP contribution in [0.15, 0.2) is 66.7 Å². The minimum absolute atomic E-state index is 0.201. The van der Waals surface area contributed by atoms with Gasteiger partial charge in [0.2, 0.25) is 5.78 Å². The fraction of sp³-hybridized carbons (Fsp3) is 0.0870. The average Bonchev–Trinajstić information content (AvgIpc) is 3.04. The lowest BCUT2D eigenvalue weighted by molar-refractivity contribution is 0.0734. The van der Waals surface area contributed by atoms with Crippen LogP contribution < -0.4 is 14.2 Å². The van der Waals surface area contributed by atoms with Crippen molar-refractivity contribution in [2.24, 2.45) is 0 Å². The molecule has 0 amide bonds. The highest BCUT2D eigenvalue weighted by Gasteiger charge is 2.30. The summed E-state index contributed by atoms with van der Waals surface area (Å²) < 4.78 is 16.4. The Morgan fingerprint density at radius 3 is 2.72 bits per heavy atom. The molecule has 0 unspecified atom stereocenters. The van der Waals surface area contributed by atoms with Crippen molar-refractivity contribution < 1.29 is 23.8 Å². The molecule has 3 aromatic rings. The first kappa shape index (κ1) is 18.4. The highest BCUT2D eigenvalue weighted by Crippen LogP contribution is 2.37. The molecule has 1 aromatic heterocycles. The molecule has 0 N–H and O–H groups in total. The predicted molar refractivity (Wildman–Crippen MR) is 106 cm³/mol. The normalized spacial score (nSPS) is 13.7. The summed E-state index contributed by atoms with van der Waals surface area (Å²) in [6, 6.07) is 13.5. The first-order valence-corrected chi connectivity index (χ1v) is 8.90. The van der Waals surface area contributed by atoms with E-state index in [0.29, 0.717) is 33.9 Å². The van der Waals surface area contributed by atoms with Gasteiger partial charge in [-0.3, -0.25) is 9.78 Å². The Hall–Kier alpha value is -3.93. The number of aryl methyl sites for hydroxylation is 1.